The zero-order valence-electron chi connectivity index (χ0n) is 3.06. The van der Waals surface area contributed by atoms with E-state index in [1.807, 2.05) is 0 Å². The van der Waals surface area contributed by atoms with Crippen LogP contribution in [0.15, 0.2) is 0 Å². The van der Waals surface area contributed by atoms with Crippen LogP contribution in [0.3, 0.4) is 0 Å². The van der Waals surface area contributed by atoms with Crippen LogP contribution >= 0.6 is 0 Å². The van der Waals surface area contributed by atoms with Crippen LogP contribution < -0.4 is 0 Å². The van der Waals surface area contributed by atoms with Gasteiger partial charge >= 0.3 is 23.9 Å². The first-order valence-corrected chi connectivity index (χ1v) is 3.00. The Balaban J connectivity index is -0.00000000500. The van der Waals surface area contributed by atoms with Crippen LogP contribution in [0.1, 0.15) is 0 Å². The normalized spacial score (nSPS) is 2.25. The van der Waals surface area contributed by atoms with Crippen LogP contribution in [0.2, 0.25) is 6.55 Å². The predicted molar refractivity (Wildman–Crippen MR) is 24.3 cm³/mol. The molecule has 0 heterocycles. The molecule has 0 atom stereocenters. The fourth-order valence-corrected chi connectivity index (χ4v) is 0. The average Bonchev–Trinajstić information content (AvgIpc) is 1.00. The molecule has 0 aromatic heterocycles. The molecule has 0 aromatic carbocycles. The van der Waals surface area contributed by atoms with Crippen molar-refractivity contribution in [3.8, 4) is 0 Å². The Hall–Kier alpha value is 1.54. The van der Waals surface area contributed by atoms with E-state index in [1.165, 1.54) is 10.2 Å². The maximum absolute atomic E-state index is 2.14. The minimum atomic E-state index is 0. The summed E-state index contributed by atoms with van der Waals surface area (Å²) in [5.41, 5.74) is 0. The first-order valence-electron chi connectivity index (χ1n) is 1.00. The second-order valence-corrected chi connectivity index (χ2v) is 0. The van der Waals surface area contributed by atoms with Gasteiger partial charge in [0.2, 0.25) is 0 Å². The number of hydrogen-bond acceptors (Lipinski definition) is 0. The zero-order valence-corrected chi connectivity index (χ0v) is 10.2. The molecule has 0 aromatic rings. The van der Waals surface area contributed by atoms with Gasteiger partial charge in [0.1, 0.15) is 0 Å². The Morgan fingerprint density at radius 1 is 1.25 bits per heavy atom. The fraction of sp³-hybridized carbons (Fsp3) is 1.00. The summed E-state index contributed by atoms with van der Waals surface area (Å²) in [6, 6.07) is 0. The van der Waals surface area contributed by atoms with Crippen molar-refractivity contribution in [2.24, 2.45) is 0 Å². The van der Waals surface area contributed by atoms with E-state index >= 15 is 0 Å². The summed E-state index contributed by atoms with van der Waals surface area (Å²) >= 11 is 0. The molecule has 0 saturated heterocycles. The van der Waals surface area contributed by atoms with Crippen LogP contribution in [0.5, 0.6) is 0 Å². The van der Waals surface area contributed by atoms with Gasteiger partial charge in [-0.3, -0.25) is 0 Å². The van der Waals surface area contributed by atoms with Crippen LogP contribution in [-0.4, -0.2) is 34.2 Å². The molecule has 0 aliphatic heterocycles. The minimum absolute atomic E-state index is 0. The molecular weight excluding hydrogens is 215 g/mol. The Kier molecular flexibility index (Phi) is 107. The monoisotopic (exact) mass is 224 g/mol. The molecule has 4 heavy (non-hydrogen) atoms. The van der Waals surface area contributed by atoms with Crippen molar-refractivity contribution in [3.05, 3.63) is 0 Å². The van der Waals surface area contributed by atoms with E-state index in [0.29, 0.717) is 0 Å². The van der Waals surface area contributed by atoms with Crippen LogP contribution in [0.4, 0.5) is 0 Å². The quantitative estimate of drug-likeness (QED) is 0.437. The Morgan fingerprint density at radius 2 is 1.25 bits per heavy atom. The Labute approximate surface area is 57.6 Å². The number of hydrogen-bond donors (Lipinski definition) is 0. The van der Waals surface area contributed by atoms with Gasteiger partial charge in [-0.1, -0.05) is 6.55 Å². The molecule has 28 valence electrons. The summed E-state index contributed by atoms with van der Waals surface area (Å²) in [5.74, 6) is 0. The van der Waals surface area contributed by atoms with Gasteiger partial charge in [-0.05, 0) is 10.2 Å². The van der Waals surface area contributed by atoms with Crippen molar-refractivity contribution < 1.29 is 17.1 Å². The van der Waals surface area contributed by atoms with Gasteiger partial charge < -0.3 is 0 Å². The van der Waals surface area contributed by atoms with E-state index in [2.05, 4.69) is 6.55 Å². The molecule has 0 nitrogen and oxygen atoms in total. The molecule has 0 unspecified atom stereocenters. The summed E-state index contributed by atoms with van der Waals surface area (Å²) in [5, 5.41) is 0. The molecule has 0 saturated carbocycles. The van der Waals surface area contributed by atoms with E-state index in [9.17, 15) is 0 Å². The van der Waals surface area contributed by atoms with Crippen LogP contribution in [-0.2, 0) is 17.1 Å². The Bertz CT molecular complexity index is 8.00. The molecule has 0 N–H and O–H groups in total. The molecule has 3 heteroatoms. The summed E-state index contributed by atoms with van der Waals surface area (Å²) in [7, 11) is 1.31. The summed E-state index contributed by atoms with van der Waals surface area (Å²) in [6.07, 6.45) is 0. The molecule has 0 bridgehead atoms. The van der Waals surface area contributed by atoms with E-state index in [0.717, 1.165) is 0 Å². The Morgan fingerprint density at radius 3 is 1.25 bits per heavy atom. The molecule has 0 aliphatic carbocycles. The molecule has 2 radical (unpaired) electrons. The van der Waals surface area contributed by atoms with Gasteiger partial charge in [-0.2, -0.15) is 0 Å². The van der Waals surface area contributed by atoms with Crippen molar-refractivity contribution in [2.45, 2.75) is 6.55 Å². The van der Waals surface area contributed by atoms with Crippen molar-refractivity contribution in [3.63, 3.8) is 0 Å². The van der Waals surface area contributed by atoms with E-state index in [1.54, 1.807) is 0 Å². The van der Waals surface area contributed by atoms with Gasteiger partial charge in [-0.25, -0.2) is 0 Å². The van der Waals surface area contributed by atoms with Crippen LogP contribution in [0.25, 0.3) is 0 Å². The molecular formula is CH8FeSiSn. The van der Waals surface area contributed by atoms with Gasteiger partial charge in [0.15, 0.2) is 0 Å². The first-order chi connectivity index (χ1) is 1.00. The van der Waals surface area contributed by atoms with Crippen molar-refractivity contribution in [1.82, 2.24) is 0 Å². The van der Waals surface area contributed by atoms with Crippen LogP contribution in [0, 0.1) is 0 Å². The second-order valence-electron chi connectivity index (χ2n) is 0. The van der Waals surface area contributed by atoms with Gasteiger partial charge in [-0.15, -0.1) is 0 Å². The average molecular weight is 223 g/mol. The molecule has 0 rings (SSSR count). The molecule has 0 fully saturated rings. The fourth-order valence-electron chi connectivity index (χ4n) is 0. The summed E-state index contributed by atoms with van der Waals surface area (Å²) < 4.78 is 0. The standard InChI is InChI=1S/CH6Si.Fe.Sn.2H/c1-2;;;;/h1-2H3;;;;. The first kappa shape index (κ1) is 17.7. The zero-order chi connectivity index (χ0) is 2.00. The van der Waals surface area contributed by atoms with E-state index < -0.39 is 0 Å². The van der Waals surface area contributed by atoms with Crippen molar-refractivity contribution in [1.29, 1.82) is 0 Å². The molecule has 0 amide bonds. The third kappa shape index (κ3) is 9.64. The summed E-state index contributed by atoms with van der Waals surface area (Å²) in [6.45, 7) is 2.14. The number of rotatable bonds is 0. The van der Waals surface area contributed by atoms with Gasteiger partial charge in [0.05, 0.1) is 0 Å². The van der Waals surface area contributed by atoms with E-state index in [4.69, 9.17) is 0 Å². The van der Waals surface area contributed by atoms with Crippen molar-refractivity contribution >= 4 is 34.2 Å². The molecule has 0 aliphatic rings. The SMILES string of the molecule is C[SiH3].[Fe].[SnH2]. The maximum atomic E-state index is 2.14. The summed E-state index contributed by atoms with van der Waals surface area (Å²) in [4.78, 5) is 0. The topological polar surface area (TPSA) is 0 Å². The van der Waals surface area contributed by atoms with Gasteiger partial charge in [0.25, 0.3) is 0 Å². The van der Waals surface area contributed by atoms with Crippen molar-refractivity contribution in [2.75, 3.05) is 0 Å². The second kappa shape index (κ2) is 24.1. The third-order valence-corrected chi connectivity index (χ3v) is 0. The molecule has 0 spiro atoms. The van der Waals surface area contributed by atoms with E-state index in [-0.39, 0.29) is 41.0 Å². The predicted octanol–water partition coefficient (Wildman–Crippen LogP) is -1.52. The third-order valence-electron chi connectivity index (χ3n) is 0. The van der Waals surface area contributed by atoms with Gasteiger partial charge in [0, 0.05) is 17.1 Å².